The highest BCUT2D eigenvalue weighted by molar-refractivity contribution is 5.84. The Hall–Kier alpha value is -4.47. The van der Waals surface area contributed by atoms with Gasteiger partial charge in [0, 0.05) is 45.0 Å². The minimum Gasteiger partial charge on any atom is -0.457 e. The van der Waals surface area contributed by atoms with Gasteiger partial charge in [-0.2, -0.15) is 0 Å². The van der Waals surface area contributed by atoms with E-state index >= 15 is 0 Å². The van der Waals surface area contributed by atoms with Crippen molar-refractivity contribution < 1.29 is 14.3 Å². The summed E-state index contributed by atoms with van der Waals surface area (Å²) in [4.78, 5) is 39.0. The molecule has 0 saturated heterocycles. The highest BCUT2D eigenvalue weighted by Crippen LogP contribution is 2.27. The number of carbonyl (C=O) groups is 1. The van der Waals surface area contributed by atoms with E-state index in [1.54, 1.807) is 42.4 Å². The van der Waals surface area contributed by atoms with Crippen LogP contribution in [0.5, 0.6) is 11.5 Å². The first-order valence-electron chi connectivity index (χ1n) is 9.99. The summed E-state index contributed by atoms with van der Waals surface area (Å²) in [7, 11) is 6.62. The van der Waals surface area contributed by atoms with E-state index in [9.17, 15) is 9.59 Å². The fraction of sp³-hybridized carbons (Fsp3) is 0.174. The summed E-state index contributed by atoms with van der Waals surface area (Å²) in [6.45, 7) is 0. The fourth-order valence-corrected chi connectivity index (χ4v) is 3.28. The Morgan fingerprint density at radius 3 is 2.61 bits per heavy atom. The molecule has 0 bridgehead atoms. The number of carbonyl (C=O) groups excluding carboxylic acids is 1. The minimum atomic E-state index is -0.617. The molecule has 3 aromatic heterocycles. The quantitative estimate of drug-likeness (QED) is 0.496. The maximum Gasteiger partial charge on any atom is 0.412 e. The standard InChI is InChI=1S/C23H22N6O4/c1-28(2)22-25-13-17(21(30)29(22)3)19-7-5-14-11-15(6-8-18(14)26-19)33-16-9-10-24-20(12-16)27-23(31)32-4/h5-13H,1-4H3,(H,24,27,31). The number of methoxy groups -OCH3 is 1. The average molecular weight is 446 g/mol. The minimum absolute atomic E-state index is 0.172. The number of pyridine rings is 2. The van der Waals surface area contributed by atoms with Crippen LogP contribution in [0.3, 0.4) is 0 Å². The number of hydrogen-bond donors (Lipinski definition) is 1. The van der Waals surface area contributed by atoms with E-state index in [4.69, 9.17) is 4.74 Å². The molecule has 0 aliphatic rings. The van der Waals surface area contributed by atoms with Crippen molar-refractivity contribution in [3.8, 4) is 22.8 Å². The van der Waals surface area contributed by atoms with Gasteiger partial charge in [0.25, 0.3) is 5.56 Å². The van der Waals surface area contributed by atoms with Crippen LogP contribution in [0.25, 0.3) is 22.2 Å². The first kappa shape index (κ1) is 21.8. The molecule has 10 nitrogen and oxygen atoms in total. The van der Waals surface area contributed by atoms with Crippen LogP contribution in [-0.2, 0) is 11.8 Å². The molecular weight excluding hydrogens is 424 g/mol. The lowest BCUT2D eigenvalue weighted by atomic mass is 10.1. The Morgan fingerprint density at radius 1 is 1.06 bits per heavy atom. The molecular formula is C23H22N6O4. The number of benzene rings is 1. The molecule has 33 heavy (non-hydrogen) atoms. The van der Waals surface area contributed by atoms with Crippen LogP contribution in [0.2, 0.25) is 0 Å². The molecule has 3 heterocycles. The lowest BCUT2D eigenvalue weighted by molar-refractivity contribution is 0.187. The molecule has 4 rings (SSSR count). The van der Waals surface area contributed by atoms with E-state index in [1.165, 1.54) is 17.9 Å². The Labute approximate surface area is 189 Å². The van der Waals surface area contributed by atoms with E-state index in [1.807, 2.05) is 32.3 Å². The maximum absolute atomic E-state index is 12.8. The summed E-state index contributed by atoms with van der Waals surface area (Å²) in [6.07, 6.45) is 2.45. The molecule has 0 saturated carbocycles. The monoisotopic (exact) mass is 446 g/mol. The van der Waals surface area contributed by atoms with Crippen molar-refractivity contribution in [3.05, 3.63) is 65.2 Å². The zero-order chi connectivity index (χ0) is 23.5. The molecule has 0 radical (unpaired) electrons. The molecule has 0 atom stereocenters. The molecule has 4 aromatic rings. The van der Waals surface area contributed by atoms with Gasteiger partial charge < -0.3 is 14.4 Å². The van der Waals surface area contributed by atoms with Gasteiger partial charge >= 0.3 is 6.09 Å². The number of nitrogens with zero attached hydrogens (tertiary/aromatic N) is 5. The number of amides is 1. The first-order valence-corrected chi connectivity index (χ1v) is 9.99. The van der Waals surface area contributed by atoms with Gasteiger partial charge in [-0.15, -0.1) is 0 Å². The van der Waals surface area contributed by atoms with Crippen LogP contribution < -0.4 is 20.5 Å². The summed E-state index contributed by atoms with van der Waals surface area (Å²) in [5.41, 5.74) is 1.51. The third-order valence-electron chi connectivity index (χ3n) is 4.86. The van der Waals surface area contributed by atoms with Crippen molar-refractivity contribution in [2.45, 2.75) is 0 Å². The van der Waals surface area contributed by atoms with Crippen molar-refractivity contribution in [2.24, 2.45) is 7.05 Å². The number of aromatic nitrogens is 4. The van der Waals surface area contributed by atoms with Crippen LogP contribution in [0.1, 0.15) is 0 Å². The number of anilines is 2. The molecule has 1 N–H and O–H groups in total. The van der Waals surface area contributed by atoms with Crippen LogP contribution in [-0.4, -0.2) is 46.8 Å². The van der Waals surface area contributed by atoms with Crippen molar-refractivity contribution in [1.29, 1.82) is 0 Å². The van der Waals surface area contributed by atoms with E-state index in [0.29, 0.717) is 40.0 Å². The zero-order valence-electron chi connectivity index (χ0n) is 18.6. The van der Waals surface area contributed by atoms with Crippen molar-refractivity contribution in [1.82, 2.24) is 19.5 Å². The maximum atomic E-state index is 12.8. The molecule has 1 aromatic carbocycles. The van der Waals surface area contributed by atoms with Gasteiger partial charge in [-0.05, 0) is 30.3 Å². The number of rotatable bonds is 5. The van der Waals surface area contributed by atoms with Crippen molar-refractivity contribution in [3.63, 3.8) is 0 Å². The van der Waals surface area contributed by atoms with Gasteiger partial charge in [0.05, 0.1) is 23.9 Å². The molecule has 1 amide bonds. The smallest absolute Gasteiger partial charge is 0.412 e. The van der Waals surface area contributed by atoms with E-state index in [2.05, 4.69) is 25.0 Å². The highest BCUT2D eigenvalue weighted by Gasteiger charge is 2.12. The topological polar surface area (TPSA) is 111 Å². The normalized spacial score (nSPS) is 10.7. The number of ether oxygens (including phenoxy) is 2. The zero-order valence-corrected chi connectivity index (χ0v) is 18.6. The molecule has 168 valence electrons. The average Bonchev–Trinajstić information content (AvgIpc) is 2.80. The number of nitrogens with one attached hydrogen (secondary N) is 1. The summed E-state index contributed by atoms with van der Waals surface area (Å²) in [6, 6.07) is 12.3. The van der Waals surface area contributed by atoms with Gasteiger partial charge in [-0.1, -0.05) is 6.07 Å². The molecule has 10 heteroatoms. The van der Waals surface area contributed by atoms with Crippen molar-refractivity contribution >= 4 is 28.8 Å². The van der Waals surface area contributed by atoms with E-state index in [0.717, 1.165) is 5.39 Å². The predicted octanol–water partition coefficient (Wildman–Crippen LogP) is 3.43. The van der Waals surface area contributed by atoms with Crippen LogP contribution >= 0.6 is 0 Å². The summed E-state index contributed by atoms with van der Waals surface area (Å²) in [5, 5.41) is 3.33. The SMILES string of the molecule is COC(=O)Nc1cc(Oc2ccc3nc(-c4cnc(N(C)C)n(C)c4=O)ccc3c2)ccn1. The van der Waals surface area contributed by atoms with Gasteiger partial charge in [0.1, 0.15) is 17.3 Å². The first-order chi connectivity index (χ1) is 15.9. The number of fused-ring (bicyclic) bond motifs is 1. The van der Waals surface area contributed by atoms with Crippen LogP contribution in [0.15, 0.2) is 59.7 Å². The lowest BCUT2D eigenvalue weighted by Crippen LogP contribution is -2.27. The lowest BCUT2D eigenvalue weighted by Gasteiger charge is -2.15. The third kappa shape index (κ3) is 4.59. The summed E-state index contributed by atoms with van der Waals surface area (Å²) < 4.78 is 12.0. The van der Waals surface area contributed by atoms with Crippen LogP contribution in [0, 0.1) is 0 Å². The summed E-state index contributed by atoms with van der Waals surface area (Å²) in [5.74, 6) is 1.95. The van der Waals surface area contributed by atoms with Gasteiger partial charge in [0.2, 0.25) is 5.95 Å². The largest absolute Gasteiger partial charge is 0.457 e. The Kier molecular flexibility index (Phi) is 5.90. The Bertz CT molecular complexity index is 1400. The van der Waals surface area contributed by atoms with Gasteiger partial charge in [-0.25, -0.2) is 19.7 Å². The Morgan fingerprint density at radius 2 is 1.85 bits per heavy atom. The predicted molar refractivity (Wildman–Crippen MR) is 125 cm³/mol. The Balaban J connectivity index is 1.61. The third-order valence-corrected chi connectivity index (χ3v) is 4.86. The second-order valence-corrected chi connectivity index (χ2v) is 7.38. The van der Waals surface area contributed by atoms with E-state index < -0.39 is 6.09 Å². The molecule has 0 aliphatic carbocycles. The van der Waals surface area contributed by atoms with Gasteiger partial charge in [0.15, 0.2) is 0 Å². The number of hydrogen-bond acceptors (Lipinski definition) is 8. The molecule has 0 fully saturated rings. The second kappa shape index (κ2) is 8.95. The highest BCUT2D eigenvalue weighted by atomic mass is 16.5. The van der Waals surface area contributed by atoms with Crippen LogP contribution in [0.4, 0.5) is 16.6 Å². The molecule has 0 spiro atoms. The molecule has 0 unspecified atom stereocenters. The second-order valence-electron chi connectivity index (χ2n) is 7.38. The van der Waals surface area contributed by atoms with Crippen molar-refractivity contribution in [2.75, 3.05) is 31.4 Å². The fourth-order valence-electron chi connectivity index (χ4n) is 3.28. The van der Waals surface area contributed by atoms with E-state index in [-0.39, 0.29) is 5.56 Å². The van der Waals surface area contributed by atoms with Gasteiger partial charge in [-0.3, -0.25) is 14.7 Å². The summed E-state index contributed by atoms with van der Waals surface area (Å²) >= 11 is 0. The molecule has 0 aliphatic heterocycles.